The summed E-state index contributed by atoms with van der Waals surface area (Å²) in [5, 5.41) is 12.0. The van der Waals surface area contributed by atoms with E-state index in [1.165, 1.54) is 35.5 Å². The number of aromatic nitrogens is 7. The summed E-state index contributed by atoms with van der Waals surface area (Å²) in [5.41, 5.74) is 1.52. The van der Waals surface area contributed by atoms with Crippen LogP contribution in [0.25, 0.3) is 28.2 Å². The first kappa shape index (κ1) is 20.4. The molecule has 0 aliphatic rings. The number of aromatic amines is 1. The first-order valence-corrected chi connectivity index (χ1v) is 11.3. The van der Waals surface area contributed by atoms with E-state index in [-0.39, 0.29) is 14.9 Å². The van der Waals surface area contributed by atoms with E-state index in [2.05, 4.69) is 35.0 Å². The standard InChI is InChI=1S/C19H12Cl2N8O2S/c20-12-3-6-15(21)16(7-12)32(30,31)28-13-4-1-11(2-5-13)17-25-18-14(8-23-27-18)19(26-17)29-10-22-9-24-29/h1-10,28H,(H,23,25,26,27). The predicted molar refractivity (Wildman–Crippen MR) is 119 cm³/mol. The first-order chi connectivity index (χ1) is 15.4. The Bertz CT molecular complexity index is 1530. The highest BCUT2D eigenvalue weighted by Crippen LogP contribution is 2.28. The summed E-state index contributed by atoms with van der Waals surface area (Å²) in [7, 11) is -3.93. The van der Waals surface area contributed by atoms with Crippen molar-refractivity contribution in [2.45, 2.75) is 4.90 Å². The van der Waals surface area contributed by atoms with Crippen LogP contribution < -0.4 is 4.72 Å². The Morgan fingerprint density at radius 1 is 1.03 bits per heavy atom. The van der Waals surface area contributed by atoms with E-state index in [0.29, 0.717) is 33.9 Å². The van der Waals surface area contributed by atoms with Crippen LogP contribution in [0.15, 0.2) is 66.2 Å². The highest BCUT2D eigenvalue weighted by Gasteiger charge is 2.19. The Labute approximate surface area is 191 Å². The molecular formula is C19H12Cl2N8O2S. The van der Waals surface area contributed by atoms with Crippen LogP contribution >= 0.6 is 23.2 Å². The highest BCUT2D eigenvalue weighted by atomic mass is 35.5. The minimum Gasteiger partial charge on any atom is -0.280 e. The molecule has 0 saturated heterocycles. The van der Waals surface area contributed by atoms with Crippen LogP contribution in [0.5, 0.6) is 0 Å². The van der Waals surface area contributed by atoms with Gasteiger partial charge in [-0.3, -0.25) is 9.82 Å². The summed E-state index contributed by atoms with van der Waals surface area (Å²) in [6.45, 7) is 0. The lowest BCUT2D eigenvalue weighted by atomic mass is 10.2. The topological polar surface area (TPSA) is 131 Å². The molecule has 3 heterocycles. The molecule has 2 N–H and O–H groups in total. The van der Waals surface area contributed by atoms with Crippen molar-refractivity contribution in [1.82, 2.24) is 34.9 Å². The molecule has 5 aromatic rings. The fourth-order valence-corrected chi connectivity index (χ4v) is 4.84. The van der Waals surface area contributed by atoms with Crippen molar-refractivity contribution in [3.8, 4) is 17.2 Å². The number of hydrogen-bond acceptors (Lipinski definition) is 7. The summed E-state index contributed by atoms with van der Waals surface area (Å²) in [6.07, 6.45) is 4.53. The average molecular weight is 487 g/mol. The number of hydrogen-bond donors (Lipinski definition) is 2. The fraction of sp³-hybridized carbons (Fsp3) is 0. The second-order valence-corrected chi connectivity index (χ2v) is 9.10. The van der Waals surface area contributed by atoms with Gasteiger partial charge in [0.1, 0.15) is 17.6 Å². The molecule has 0 unspecified atom stereocenters. The molecule has 0 bridgehead atoms. The van der Waals surface area contributed by atoms with E-state index in [1.807, 2.05) is 0 Å². The van der Waals surface area contributed by atoms with Gasteiger partial charge in [-0.15, -0.1) is 0 Å². The van der Waals surface area contributed by atoms with E-state index >= 15 is 0 Å². The van der Waals surface area contributed by atoms with Gasteiger partial charge in [0, 0.05) is 16.3 Å². The Morgan fingerprint density at radius 3 is 2.59 bits per heavy atom. The molecule has 0 atom stereocenters. The molecule has 32 heavy (non-hydrogen) atoms. The van der Waals surface area contributed by atoms with Gasteiger partial charge < -0.3 is 0 Å². The number of rotatable bonds is 5. The number of fused-ring (bicyclic) bond motifs is 1. The fourth-order valence-electron chi connectivity index (χ4n) is 3.02. The van der Waals surface area contributed by atoms with E-state index in [0.717, 1.165) is 0 Å². The summed E-state index contributed by atoms with van der Waals surface area (Å²) in [4.78, 5) is 12.9. The Hall–Kier alpha value is -3.54. The van der Waals surface area contributed by atoms with E-state index < -0.39 is 10.0 Å². The van der Waals surface area contributed by atoms with Gasteiger partial charge in [-0.05, 0) is 42.5 Å². The lowest BCUT2D eigenvalue weighted by Crippen LogP contribution is -2.13. The van der Waals surface area contributed by atoms with Crippen LogP contribution in [0, 0.1) is 0 Å². The first-order valence-electron chi connectivity index (χ1n) is 9.05. The van der Waals surface area contributed by atoms with Gasteiger partial charge in [0.15, 0.2) is 17.3 Å². The van der Waals surface area contributed by atoms with Crippen LogP contribution in [0.3, 0.4) is 0 Å². The number of sulfonamides is 1. The largest absolute Gasteiger partial charge is 0.280 e. The maximum Gasteiger partial charge on any atom is 0.263 e. The van der Waals surface area contributed by atoms with Crippen molar-refractivity contribution < 1.29 is 8.42 Å². The van der Waals surface area contributed by atoms with Gasteiger partial charge in [0.25, 0.3) is 10.0 Å². The molecule has 3 aromatic heterocycles. The van der Waals surface area contributed by atoms with Crippen molar-refractivity contribution in [2.24, 2.45) is 0 Å². The molecule has 0 saturated carbocycles. The molecule has 10 nitrogen and oxygen atoms in total. The van der Waals surface area contributed by atoms with Crippen molar-refractivity contribution in [1.29, 1.82) is 0 Å². The molecule has 0 aliphatic heterocycles. The predicted octanol–water partition coefficient (Wildman–Crippen LogP) is 3.71. The zero-order valence-corrected chi connectivity index (χ0v) is 18.3. The van der Waals surface area contributed by atoms with Crippen molar-refractivity contribution in [3.63, 3.8) is 0 Å². The Kier molecular flexibility index (Phi) is 5.00. The molecule has 0 fully saturated rings. The monoisotopic (exact) mass is 486 g/mol. The summed E-state index contributed by atoms with van der Waals surface area (Å²) >= 11 is 11.9. The average Bonchev–Trinajstić information content (AvgIpc) is 3.47. The number of H-pyrrole nitrogens is 1. The third-order valence-corrected chi connectivity index (χ3v) is 6.60. The summed E-state index contributed by atoms with van der Waals surface area (Å²) < 4.78 is 29.4. The molecule has 0 spiro atoms. The normalized spacial score (nSPS) is 11.7. The van der Waals surface area contributed by atoms with Gasteiger partial charge in [0.05, 0.1) is 16.6 Å². The van der Waals surface area contributed by atoms with Gasteiger partial charge in [-0.25, -0.2) is 28.1 Å². The molecule has 160 valence electrons. The number of nitrogens with one attached hydrogen (secondary N) is 2. The molecule has 5 rings (SSSR count). The van der Waals surface area contributed by atoms with Crippen LogP contribution in [0.4, 0.5) is 5.69 Å². The summed E-state index contributed by atoms with van der Waals surface area (Å²) in [5.74, 6) is 0.913. The number of nitrogens with zero attached hydrogens (tertiary/aromatic N) is 6. The van der Waals surface area contributed by atoms with Crippen LogP contribution in [0.1, 0.15) is 0 Å². The highest BCUT2D eigenvalue weighted by molar-refractivity contribution is 7.92. The van der Waals surface area contributed by atoms with E-state index in [9.17, 15) is 8.42 Å². The molecule has 13 heteroatoms. The van der Waals surface area contributed by atoms with E-state index in [4.69, 9.17) is 23.2 Å². The number of benzene rings is 2. The third kappa shape index (κ3) is 3.77. The quantitative estimate of drug-likeness (QED) is 0.386. The smallest absolute Gasteiger partial charge is 0.263 e. The molecule has 0 amide bonds. The number of halogens is 2. The SMILES string of the molecule is O=S(=O)(Nc1ccc(-c2nc(-n3cncn3)c3cn[nH]c3n2)cc1)c1cc(Cl)ccc1Cl. The molecule has 0 radical (unpaired) electrons. The van der Waals surface area contributed by atoms with Crippen molar-refractivity contribution >= 4 is 49.9 Å². The van der Waals surface area contributed by atoms with Gasteiger partial charge in [-0.1, -0.05) is 23.2 Å². The van der Waals surface area contributed by atoms with E-state index in [1.54, 1.807) is 30.5 Å². The molecule has 0 aliphatic carbocycles. The lowest BCUT2D eigenvalue weighted by molar-refractivity contribution is 0.601. The minimum absolute atomic E-state index is 0.0698. The molecular weight excluding hydrogens is 475 g/mol. The lowest BCUT2D eigenvalue weighted by Gasteiger charge is -2.11. The Morgan fingerprint density at radius 2 is 1.84 bits per heavy atom. The maximum absolute atomic E-state index is 12.7. The van der Waals surface area contributed by atoms with Gasteiger partial charge >= 0.3 is 0 Å². The Balaban J connectivity index is 1.48. The van der Waals surface area contributed by atoms with Crippen LogP contribution in [0.2, 0.25) is 10.0 Å². The van der Waals surface area contributed by atoms with Gasteiger partial charge in [-0.2, -0.15) is 10.2 Å². The molecule has 2 aromatic carbocycles. The van der Waals surface area contributed by atoms with Gasteiger partial charge in [0.2, 0.25) is 0 Å². The van der Waals surface area contributed by atoms with Crippen molar-refractivity contribution in [3.05, 3.63) is 71.4 Å². The third-order valence-electron chi connectivity index (χ3n) is 4.50. The second-order valence-electron chi connectivity index (χ2n) is 6.60. The summed E-state index contributed by atoms with van der Waals surface area (Å²) in [6, 6.07) is 10.8. The number of anilines is 1. The zero-order valence-electron chi connectivity index (χ0n) is 15.9. The van der Waals surface area contributed by atoms with Crippen molar-refractivity contribution in [2.75, 3.05) is 4.72 Å². The van der Waals surface area contributed by atoms with Crippen LogP contribution in [-0.2, 0) is 10.0 Å². The maximum atomic E-state index is 12.7. The zero-order chi connectivity index (χ0) is 22.3. The van der Waals surface area contributed by atoms with Crippen LogP contribution in [-0.4, -0.2) is 43.3 Å². The second kappa shape index (κ2) is 7.86. The minimum atomic E-state index is -3.93.